The van der Waals surface area contributed by atoms with Crippen LogP contribution in [0.1, 0.15) is 28.8 Å². The molecule has 2 aromatic rings. The lowest BCUT2D eigenvalue weighted by molar-refractivity contribution is -0.132. The van der Waals surface area contributed by atoms with Crippen LogP contribution in [0.5, 0.6) is 0 Å². The van der Waals surface area contributed by atoms with Gasteiger partial charge in [-0.2, -0.15) is 0 Å². The number of hydrogen-bond acceptors (Lipinski definition) is 4. The van der Waals surface area contributed by atoms with E-state index in [-0.39, 0.29) is 12.5 Å². The third kappa shape index (κ3) is 5.06. The van der Waals surface area contributed by atoms with E-state index >= 15 is 0 Å². The molecular formula is C19H22N2O3S. The fourth-order valence-electron chi connectivity index (χ4n) is 2.82. The van der Waals surface area contributed by atoms with E-state index in [4.69, 9.17) is 4.74 Å². The minimum Gasteiger partial charge on any atom is -0.445 e. The minimum absolute atomic E-state index is 0.149. The molecule has 0 saturated heterocycles. The summed E-state index contributed by atoms with van der Waals surface area (Å²) in [6, 6.07) is 11.6. The predicted molar refractivity (Wildman–Crippen MR) is 97.3 cm³/mol. The van der Waals surface area contributed by atoms with Crippen LogP contribution in [0.3, 0.4) is 0 Å². The molecule has 1 aliphatic heterocycles. The van der Waals surface area contributed by atoms with E-state index in [1.807, 2.05) is 35.2 Å². The first-order valence-corrected chi connectivity index (χ1v) is 9.38. The highest BCUT2D eigenvalue weighted by molar-refractivity contribution is 7.10. The van der Waals surface area contributed by atoms with Gasteiger partial charge in [-0.15, -0.1) is 11.3 Å². The number of benzene rings is 1. The summed E-state index contributed by atoms with van der Waals surface area (Å²) in [5, 5.41) is 4.78. The second-order valence-corrected chi connectivity index (χ2v) is 7.03. The highest BCUT2D eigenvalue weighted by atomic mass is 32.1. The van der Waals surface area contributed by atoms with Crippen LogP contribution in [0.15, 0.2) is 41.8 Å². The summed E-state index contributed by atoms with van der Waals surface area (Å²) in [6.45, 7) is 2.20. The topological polar surface area (TPSA) is 58.6 Å². The summed E-state index contributed by atoms with van der Waals surface area (Å²) in [6.07, 6.45) is 1.56. The molecule has 0 radical (unpaired) electrons. The first kappa shape index (κ1) is 17.5. The Kier molecular flexibility index (Phi) is 6.06. The molecule has 0 spiro atoms. The van der Waals surface area contributed by atoms with E-state index in [1.165, 1.54) is 10.4 Å². The molecule has 3 rings (SSSR count). The largest absolute Gasteiger partial charge is 0.445 e. The standard InChI is InChI=1S/C19H22N2O3S/c22-18(21-11-8-17-16(13-21)9-12-25-17)7-4-10-20-19(23)24-14-15-5-2-1-3-6-15/h1-3,5-6,9,12H,4,7-8,10-11,13-14H2,(H,20,23). The third-order valence-electron chi connectivity index (χ3n) is 4.21. The van der Waals surface area contributed by atoms with Gasteiger partial charge in [0.05, 0.1) is 0 Å². The van der Waals surface area contributed by atoms with Crippen molar-refractivity contribution in [3.63, 3.8) is 0 Å². The second kappa shape index (κ2) is 8.67. The van der Waals surface area contributed by atoms with Gasteiger partial charge in [0.25, 0.3) is 0 Å². The zero-order valence-electron chi connectivity index (χ0n) is 14.1. The summed E-state index contributed by atoms with van der Waals surface area (Å²) >= 11 is 1.77. The Bertz CT molecular complexity index is 714. The molecule has 25 heavy (non-hydrogen) atoms. The number of nitrogens with one attached hydrogen (secondary N) is 1. The Morgan fingerprint density at radius 2 is 2.04 bits per heavy atom. The molecule has 0 aliphatic carbocycles. The first-order valence-electron chi connectivity index (χ1n) is 8.50. The molecular weight excluding hydrogens is 336 g/mol. The smallest absolute Gasteiger partial charge is 0.407 e. The number of amides is 2. The molecule has 6 heteroatoms. The van der Waals surface area contributed by atoms with Crippen molar-refractivity contribution in [2.45, 2.75) is 32.4 Å². The summed E-state index contributed by atoms with van der Waals surface area (Å²) < 4.78 is 5.14. The summed E-state index contributed by atoms with van der Waals surface area (Å²) in [5.74, 6) is 0.149. The van der Waals surface area contributed by atoms with Crippen LogP contribution in [0.4, 0.5) is 4.79 Å². The summed E-state index contributed by atoms with van der Waals surface area (Å²) in [7, 11) is 0. The molecule has 1 aromatic heterocycles. The van der Waals surface area contributed by atoms with E-state index in [1.54, 1.807) is 11.3 Å². The molecule has 0 bridgehead atoms. The fourth-order valence-corrected chi connectivity index (χ4v) is 3.71. The lowest BCUT2D eigenvalue weighted by atomic mass is 10.1. The highest BCUT2D eigenvalue weighted by Crippen LogP contribution is 2.24. The van der Waals surface area contributed by atoms with Crippen molar-refractivity contribution in [3.05, 3.63) is 57.8 Å². The first-order chi connectivity index (χ1) is 12.2. The van der Waals surface area contributed by atoms with Crippen LogP contribution in [0.25, 0.3) is 0 Å². The lowest BCUT2D eigenvalue weighted by Crippen LogP contribution is -2.35. The van der Waals surface area contributed by atoms with Crippen LogP contribution in [-0.2, 0) is 29.1 Å². The van der Waals surface area contributed by atoms with E-state index in [0.717, 1.165) is 18.5 Å². The van der Waals surface area contributed by atoms with Crippen molar-refractivity contribution < 1.29 is 14.3 Å². The van der Waals surface area contributed by atoms with Gasteiger partial charge in [0.15, 0.2) is 0 Å². The van der Waals surface area contributed by atoms with Gasteiger partial charge < -0.3 is 15.0 Å². The number of carbonyl (C=O) groups excluding carboxylic acids is 2. The molecule has 2 heterocycles. The van der Waals surface area contributed by atoms with Gasteiger partial charge >= 0.3 is 6.09 Å². The molecule has 2 amide bonds. The van der Waals surface area contributed by atoms with Gasteiger partial charge in [-0.1, -0.05) is 30.3 Å². The monoisotopic (exact) mass is 358 g/mol. The van der Waals surface area contributed by atoms with Gasteiger partial charge in [-0.3, -0.25) is 4.79 Å². The number of rotatable bonds is 6. The van der Waals surface area contributed by atoms with E-state index < -0.39 is 6.09 Å². The van der Waals surface area contributed by atoms with Crippen LogP contribution in [-0.4, -0.2) is 30.0 Å². The van der Waals surface area contributed by atoms with Crippen LogP contribution < -0.4 is 5.32 Å². The number of ether oxygens (including phenoxy) is 1. The minimum atomic E-state index is -0.447. The van der Waals surface area contributed by atoms with Crippen molar-refractivity contribution in [1.29, 1.82) is 0 Å². The molecule has 0 atom stereocenters. The third-order valence-corrected chi connectivity index (χ3v) is 5.23. The van der Waals surface area contributed by atoms with Crippen LogP contribution in [0, 0.1) is 0 Å². The number of fused-ring (bicyclic) bond motifs is 1. The maximum absolute atomic E-state index is 12.3. The zero-order valence-corrected chi connectivity index (χ0v) is 14.9. The number of nitrogens with zero attached hydrogens (tertiary/aromatic N) is 1. The van der Waals surface area contributed by atoms with E-state index in [2.05, 4.69) is 16.8 Å². The van der Waals surface area contributed by atoms with Crippen LogP contribution >= 0.6 is 11.3 Å². The molecule has 0 unspecified atom stereocenters. The van der Waals surface area contributed by atoms with Crippen molar-refractivity contribution in [2.75, 3.05) is 13.1 Å². The Morgan fingerprint density at radius 3 is 2.88 bits per heavy atom. The van der Waals surface area contributed by atoms with Gasteiger partial charge in [0.1, 0.15) is 6.61 Å². The molecule has 1 aliphatic rings. The molecule has 0 fully saturated rings. The number of hydrogen-bond donors (Lipinski definition) is 1. The highest BCUT2D eigenvalue weighted by Gasteiger charge is 2.20. The van der Waals surface area contributed by atoms with Crippen molar-refractivity contribution in [2.24, 2.45) is 0 Å². The maximum Gasteiger partial charge on any atom is 0.407 e. The summed E-state index contributed by atoms with van der Waals surface area (Å²) in [5.41, 5.74) is 2.22. The average molecular weight is 358 g/mol. The Balaban J connectivity index is 1.30. The van der Waals surface area contributed by atoms with Crippen LogP contribution in [0.2, 0.25) is 0 Å². The van der Waals surface area contributed by atoms with Gasteiger partial charge in [0, 0.05) is 30.9 Å². The van der Waals surface area contributed by atoms with Crippen molar-refractivity contribution in [3.8, 4) is 0 Å². The number of thiophene rings is 1. The Hall–Kier alpha value is -2.34. The SMILES string of the molecule is O=C(NCCCC(=O)N1CCc2sccc2C1)OCc1ccccc1. The van der Waals surface area contributed by atoms with Gasteiger partial charge in [-0.25, -0.2) is 4.79 Å². The Morgan fingerprint density at radius 1 is 1.20 bits per heavy atom. The lowest BCUT2D eigenvalue weighted by Gasteiger charge is -2.27. The fraction of sp³-hybridized carbons (Fsp3) is 0.368. The predicted octanol–water partition coefficient (Wildman–Crippen LogP) is 3.34. The van der Waals surface area contributed by atoms with Crippen molar-refractivity contribution in [1.82, 2.24) is 10.2 Å². The summed E-state index contributed by atoms with van der Waals surface area (Å²) in [4.78, 5) is 27.2. The second-order valence-electron chi connectivity index (χ2n) is 6.03. The van der Waals surface area contributed by atoms with E-state index in [0.29, 0.717) is 25.9 Å². The maximum atomic E-state index is 12.3. The number of carbonyl (C=O) groups is 2. The molecule has 0 saturated carbocycles. The number of alkyl carbamates (subject to hydrolysis) is 1. The van der Waals surface area contributed by atoms with Gasteiger partial charge in [-0.05, 0) is 35.4 Å². The zero-order chi connectivity index (χ0) is 17.5. The molecule has 1 aromatic carbocycles. The molecule has 132 valence electrons. The normalized spacial score (nSPS) is 13.2. The van der Waals surface area contributed by atoms with Crippen molar-refractivity contribution >= 4 is 23.3 Å². The molecule has 5 nitrogen and oxygen atoms in total. The van der Waals surface area contributed by atoms with Gasteiger partial charge in [0.2, 0.25) is 5.91 Å². The Labute approximate surface area is 151 Å². The van der Waals surface area contributed by atoms with E-state index in [9.17, 15) is 9.59 Å². The average Bonchev–Trinajstić information content (AvgIpc) is 3.12. The molecule has 1 N–H and O–H groups in total. The quantitative estimate of drug-likeness (QED) is 0.806.